The van der Waals surface area contributed by atoms with Gasteiger partial charge in [0.2, 0.25) is 11.8 Å². The van der Waals surface area contributed by atoms with Crippen molar-refractivity contribution in [3.8, 4) is 11.5 Å². The Morgan fingerprint density at radius 3 is 2.09 bits per heavy atom. The molecule has 4 aromatic rings. The summed E-state index contributed by atoms with van der Waals surface area (Å²) in [5.41, 5.74) is 2.77. The zero-order valence-electron chi connectivity index (χ0n) is 25.6. The summed E-state index contributed by atoms with van der Waals surface area (Å²) in [6.45, 7) is 1.35. The molecule has 9 nitrogen and oxygen atoms in total. The number of sulfonamides is 1. The summed E-state index contributed by atoms with van der Waals surface area (Å²) in [6.07, 6.45) is 0.215. The molecule has 4 rings (SSSR count). The molecule has 0 aliphatic carbocycles. The van der Waals surface area contributed by atoms with Gasteiger partial charge in [0.1, 0.15) is 12.6 Å². The largest absolute Gasteiger partial charge is 0.493 e. The first kappa shape index (κ1) is 33.4. The van der Waals surface area contributed by atoms with Crippen molar-refractivity contribution in [2.45, 2.75) is 30.8 Å². The maximum atomic E-state index is 14.4. The lowest BCUT2D eigenvalue weighted by atomic mass is 10.0. The van der Waals surface area contributed by atoms with Crippen molar-refractivity contribution in [1.82, 2.24) is 10.2 Å². The van der Waals surface area contributed by atoms with Crippen LogP contribution in [-0.4, -0.2) is 59.0 Å². The number of carbonyl (C=O) groups is 2. The first-order chi connectivity index (χ1) is 21.6. The van der Waals surface area contributed by atoms with Crippen LogP contribution in [0.2, 0.25) is 5.02 Å². The zero-order valence-corrected chi connectivity index (χ0v) is 27.1. The van der Waals surface area contributed by atoms with Crippen LogP contribution in [0, 0.1) is 6.92 Å². The Morgan fingerprint density at radius 2 is 1.49 bits per heavy atom. The van der Waals surface area contributed by atoms with E-state index in [4.69, 9.17) is 21.1 Å². The highest BCUT2D eigenvalue weighted by atomic mass is 35.5. The van der Waals surface area contributed by atoms with Crippen LogP contribution in [0.3, 0.4) is 0 Å². The van der Waals surface area contributed by atoms with E-state index in [1.807, 2.05) is 37.3 Å². The van der Waals surface area contributed by atoms with Gasteiger partial charge in [-0.3, -0.25) is 13.9 Å². The minimum absolute atomic E-state index is 0.0407. The molecule has 0 aromatic heterocycles. The SMILES string of the molecule is CNC(=O)[C@@H](Cc1ccccc1)N(Cc1ccc(Cl)cc1)C(=O)CN(c1ccc(C)cc1)S(=O)(=O)c1ccc(OC)c(OC)c1. The van der Waals surface area contributed by atoms with Crippen molar-refractivity contribution in [3.63, 3.8) is 0 Å². The van der Waals surface area contributed by atoms with Gasteiger partial charge in [-0.15, -0.1) is 0 Å². The second kappa shape index (κ2) is 15.0. The predicted octanol–water partition coefficient (Wildman–Crippen LogP) is 5.25. The summed E-state index contributed by atoms with van der Waals surface area (Å²) >= 11 is 6.12. The average Bonchev–Trinajstić information content (AvgIpc) is 3.06. The fourth-order valence-corrected chi connectivity index (χ4v) is 6.41. The molecular weight excluding hydrogens is 614 g/mol. The molecule has 0 radical (unpaired) electrons. The number of nitrogens with one attached hydrogen (secondary N) is 1. The smallest absolute Gasteiger partial charge is 0.264 e. The number of hydrogen-bond acceptors (Lipinski definition) is 6. The molecule has 0 unspecified atom stereocenters. The van der Waals surface area contributed by atoms with Crippen LogP contribution >= 0.6 is 11.6 Å². The summed E-state index contributed by atoms with van der Waals surface area (Å²) < 4.78 is 40.2. The fourth-order valence-electron chi connectivity index (χ4n) is 4.85. The van der Waals surface area contributed by atoms with Crippen LogP contribution in [0.25, 0.3) is 0 Å². The molecule has 236 valence electrons. The van der Waals surface area contributed by atoms with E-state index in [1.54, 1.807) is 48.5 Å². The highest BCUT2D eigenvalue weighted by molar-refractivity contribution is 7.92. The molecule has 1 N–H and O–H groups in total. The number of anilines is 1. The summed E-state index contributed by atoms with van der Waals surface area (Å²) in [7, 11) is 0.0634. The van der Waals surface area contributed by atoms with E-state index < -0.39 is 28.5 Å². The summed E-state index contributed by atoms with van der Waals surface area (Å²) in [4.78, 5) is 29.1. The van der Waals surface area contributed by atoms with E-state index in [9.17, 15) is 18.0 Å². The van der Waals surface area contributed by atoms with Gasteiger partial charge in [0.15, 0.2) is 11.5 Å². The minimum Gasteiger partial charge on any atom is -0.493 e. The Hall–Kier alpha value is -4.54. The maximum absolute atomic E-state index is 14.4. The van der Waals surface area contributed by atoms with Gasteiger partial charge in [0.05, 0.1) is 24.8 Å². The number of amides is 2. The molecule has 0 bridgehead atoms. The molecule has 0 aliphatic heterocycles. The van der Waals surface area contributed by atoms with E-state index in [0.717, 1.165) is 21.0 Å². The number of ether oxygens (including phenoxy) is 2. The van der Waals surface area contributed by atoms with Gasteiger partial charge in [-0.05, 0) is 54.4 Å². The monoisotopic (exact) mass is 649 g/mol. The van der Waals surface area contributed by atoms with Crippen LogP contribution < -0.4 is 19.1 Å². The highest BCUT2D eigenvalue weighted by Crippen LogP contribution is 2.32. The third kappa shape index (κ3) is 8.14. The van der Waals surface area contributed by atoms with Crippen LogP contribution in [0.4, 0.5) is 5.69 Å². The normalized spacial score (nSPS) is 11.8. The second-order valence-corrected chi connectivity index (χ2v) is 12.6. The maximum Gasteiger partial charge on any atom is 0.264 e. The third-order valence-electron chi connectivity index (χ3n) is 7.33. The van der Waals surface area contributed by atoms with Gasteiger partial charge in [0, 0.05) is 31.1 Å². The molecule has 2 amide bonds. The van der Waals surface area contributed by atoms with Gasteiger partial charge in [-0.2, -0.15) is 0 Å². The summed E-state index contributed by atoms with van der Waals surface area (Å²) in [5, 5.41) is 3.20. The predicted molar refractivity (Wildman–Crippen MR) is 175 cm³/mol. The van der Waals surface area contributed by atoms with Crippen LogP contribution in [0.15, 0.2) is 102 Å². The lowest BCUT2D eigenvalue weighted by molar-refractivity contribution is -0.139. The van der Waals surface area contributed by atoms with Crippen molar-refractivity contribution >= 4 is 39.1 Å². The number of hydrogen-bond donors (Lipinski definition) is 1. The minimum atomic E-state index is -4.31. The topological polar surface area (TPSA) is 105 Å². The van der Waals surface area contributed by atoms with Crippen LogP contribution in [0.5, 0.6) is 11.5 Å². The van der Waals surface area contributed by atoms with Crippen LogP contribution in [-0.2, 0) is 32.6 Å². The van der Waals surface area contributed by atoms with Crippen molar-refractivity contribution in [3.05, 3.63) is 119 Å². The molecule has 1 atom stereocenters. The van der Waals surface area contributed by atoms with E-state index >= 15 is 0 Å². The van der Waals surface area contributed by atoms with Gasteiger partial charge in [0.25, 0.3) is 10.0 Å². The van der Waals surface area contributed by atoms with E-state index in [2.05, 4.69) is 5.32 Å². The Morgan fingerprint density at radius 1 is 0.844 bits per heavy atom. The number of likely N-dealkylation sites (N-methyl/N-ethyl adjacent to an activating group) is 1. The zero-order chi connectivity index (χ0) is 32.6. The lowest BCUT2D eigenvalue weighted by Gasteiger charge is -2.33. The highest BCUT2D eigenvalue weighted by Gasteiger charge is 2.34. The summed E-state index contributed by atoms with van der Waals surface area (Å²) in [5.74, 6) is -0.372. The molecular formula is C34H36ClN3O6S. The molecule has 0 heterocycles. The molecule has 0 saturated heterocycles. The Kier molecular flexibility index (Phi) is 11.1. The molecule has 45 heavy (non-hydrogen) atoms. The molecule has 0 spiro atoms. The Bertz CT molecular complexity index is 1720. The first-order valence-electron chi connectivity index (χ1n) is 14.2. The number of halogens is 1. The second-order valence-electron chi connectivity index (χ2n) is 10.3. The van der Waals surface area contributed by atoms with Gasteiger partial charge in [-0.25, -0.2) is 8.42 Å². The molecule has 0 aliphatic rings. The number of methoxy groups -OCH3 is 2. The van der Waals surface area contributed by atoms with Crippen molar-refractivity contribution in [1.29, 1.82) is 0 Å². The van der Waals surface area contributed by atoms with Crippen molar-refractivity contribution in [2.75, 3.05) is 32.1 Å². The number of rotatable bonds is 13. The van der Waals surface area contributed by atoms with Crippen LogP contribution in [0.1, 0.15) is 16.7 Å². The Labute approximate surface area is 269 Å². The molecule has 4 aromatic carbocycles. The van der Waals surface area contributed by atoms with Gasteiger partial charge >= 0.3 is 0 Å². The molecule has 0 saturated carbocycles. The Balaban J connectivity index is 1.80. The standard InChI is InChI=1S/C34H36ClN3O6S/c1-24-10-16-28(17-11-24)38(45(41,42)29-18-19-31(43-3)32(21-29)44-4)23-33(39)37(22-26-12-14-27(35)15-13-26)30(34(40)36-2)20-25-8-6-5-7-9-25/h5-19,21,30H,20,22-23H2,1-4H3,(H,36,40)/t30-/m1/s1. The number of carbonyl (C=O) groups excluding carboxylic acids is 2. The molecule has 11 heteroatoms. The lowest BCUT2D eigenvalue weighted by Crippen LogP contribution is -2.53. The average molecular weight is 650 g/mol. The van der Waals surface area contributed by atoms with Gasteiger partial charge in [-0.1, -0.05) is 71.8 Å². The van der Waals surface area contributed by atoms with Crippen molar-refractivity contribution < 1.29 is 27.5 Å². The van der Waals surface area contributed by atoms with Crippen molar-refractivity contribution in [2.24, 2.45) is 0 Å². The quantitative estimate of drug-likeness (QED) is 0.212. The number of benzene rings is 4. The van der Waals surface area contributed by atoms with E-state index in [-0.39, 0.29) is 35.2 Å². The molecule has 0 fully saturated rings. The van der Waals surface area contributed by atoms with E-state index in [1.165, 1.54) is 44.4 Å². The summed E-state index contributed by atoms with van der Waals surface area (Å²) in [6, 6.07) is 26.4. The van der Waals surface area contributed by atoms with E-state index in [0.29, 0.717) is 10.8 Å². The number of nitrogens with zero attached hydrogens (tertiary/aromatic N) is 2. The van der Waals surface area contributed by atoms with Gasteiger partial charge < -0.3 is 19.7 Å². The fraction of sp³-hybridized carbons (Fsp3) is 0.235. The first-order valence-corrected chi connectivity index (χ1v) is 16.0. The third-order valence-corrected chi connectivity index (χ3v) is 9.35. The number of aryl methyl sites for hydroxylation is 1.